The molecule has 7 nitrogen and oxygen atoms in total. The summed E-state index contributed by atoms with van der Waals surface area (Å²) < 4.78 is 29.0. The van der Waals surface area contributed by atoms with Crippen LogP contribution in [0.2, 0.25) is 5.02 Å². The maximum atomic E-state index is 15.1. The van der Waals surface area contributed by atoms with Crippen molar-refractivity contribution >= 4 is 46.0 Å². The molecule has 2 aromatic rings. The normalized spacial score (nSPS) is 27.7. The molecule has 2 fully saturated rings. The first-order valence-corrected chi connectivity index (χ1v) is 12.1. The highest BCUT2D eigenvalue weighted by Crippen LogP contribution is 2.66. The number of nitrogens with two attached hydrogens (primary N) is 1. The Morgan fingerprint density at radius 1 is 1.26 bits per heavy atom. The minimum Gasteiger partial charge on any atom is -0.378 e. The molecule has 3 heterocycles. The van der Waals surface area contributed by atoms with Crippen LogP contribution in [0, 0.1) is 17.6 Å². The minimum absolute atomic E-state index is 0.0248. The molecule has 0 unspecified atom stereocenters. The highest BCUT2D eigenvalue weighted by atomic mass is 35.5. The molecule has 2 amide bonds. The topological polar surface area (TPSA) is 101 Å². The van der Waals surface area contributed by atoms with Gasteiger partial charge in [-0.2, -0.15) is 0 Å². The number of likely N-dealkylation sites (tertiary alicyclic amines) is 1. The first-order chi connectivity index (χ1) is 16.1. The van der Waals surface area contributed by atoms with Crippen LogP contribution in [-0.2, 0) is 10.3 Å². The van der Waals surface area contributed by atoms with E-state index in [1.807, 2.05) is 4.90 Å². The molecule has 11 heteroatoms. The second-order valence-electron chi connectivity index (χ2n) is 8.98. The van der Waals surface area contributed by atoms with Gasteiger partial charge >= 0.3 is 0 Å². The number of hydrogen-bond acceptors (Lipinski definition) is 6. The van der Waals surface area contributed by atoms with Gasteiger partial charge in [0.2, 0.25) is 5.91 Å². The molecule has 3 atom stereocenters. The van der Waals surface area contributed by atoms with E-state index >= 15 is 4.39 Å². The molecule has 3 aliphatic rings. The molecule has 0 bridgehead atoms. The minimum atomic E-state index is -1.27. The van der Waals surface area contributed by atoms with Gasteiger partial charge in [-0.05, 0) is 44.4 Å². The quantitative estimate of drug-likeness (QED) is 0.656. The van der Waals surface area contributed by atoms with Gasteiger partial charge in [-0.3, -0.25) is 14.6 Å². The monoisotopic (exact) mass is 505 g/mol. The molecule has 1 aliphatic carbocycles. The summed E-state index contributed by atoms with van der Waals surface area (Å²) in [5.74, 6) is -3.21. The third kappa shape index (κ3) is 3.73. The van der Waals surface area contributed by atoms with Crippen LogP contribution in [0.1, 0.15) is 42.2 Å². The molecule has 0 radical (unpaired) electrons. The second-order valence-corrected chi connectivity index (χ2v) is 10.8. The number of rotatable bonds is 4. The molecule has 5 rings (SSSR count). The van der Waals surface area contributed by atoms with E-state index in [-0.39, 0.29) is 33.9 Å². The summed E-state index contributed by atoms with van der Waals surface area (Å²) in [5.41, 5.74) is 4.90. The van der Waals surface area contributed by atoms with Gasteiger partial charge in [0.25, 0.3) is 5.91 Å². The predicted molar refractivity (Wildman–Crippen MR) is 127 cm³/mol. The Bertz CT molecular complexity index is 1220. The number of aliphatic imine (C=N–C) groups is 1. The third-order valence-electron chi connectivity index (χ3n) is 6.76. The van der Waals surface area contributed by atoms with E-state index in [0.717, 1.165) is 18.9 Å². The predicted octanol–water partition coefficient (Wildman–Crippen LogP) is 3.92. The number of aromatic nitrogens is 1. The van der Waals surface area contributed by atoms with Crippen molar-refractivity contribution < 1.29 is 18.4 Å². The van der Waals surface area contributed by atoms with Gasteiger partial charge in [-0.1, -0.05) is 23.4 Å². The fourth-order valence-electron chi connectivity index (χ4n) is 4.98. The third-order valence-corrected chi connectivity index (χ3v) is 8.28. The summed E-state index contributed by atoms with van der Waals surface area (Å²) in [4.78, 5) is 36.1. The van der Waals surface area contributed by atoms with E-state index in [0.29, 0.717) is 24.5 Å². The van der Waals surface area contributed by atoms with Crippen LogP contribution in [0.25, 0.3) is 0 Å². The summed E-state index contributed by atoms with van der Waals surface area (Å²) >= 11 is 7.01. The zero-order valence-electron chi connectivity index (χ0n) is 18.3. The second kappa shape index (κ2) is 8.20. The fourth-order valence-corrected chi connectivity index (χ4v) is 6.54. The van der Waals surface area contributed by atoms with Crippen LogP contribution >= 0.6 is 23.4 Å². The average Bonchev–Trinajstić information content (AvgIpc) is 3.30. The van der Waals surface area contributed by atoms with Crippen molar-refractivity contribution in [3.05, 3.63) is 58.4 Å². The number of amidine groups is 1. The summed E-state index contributed by atoms with van der Waals surface area (Å²) in [6.07, 6.45) is 3.67. The molecular formula is C23H22ClF2N5O2S. The van der Waals surface area contributed by atoms with Gasteiger partial charge in [-0.25, -0.2) is 13.8 Å². The first kappa shape index (κ1) is 23.0. The lowest BCUT2D eigenvalue weighted by atomic mass is 9.85. The summed E-state index contributed by atoms with van der Waals surface area (Å²) in [5, 5.41) is 3.07. The van der Waals surface area contributed by atoms with E-state index in [2.05, 4.69) is 15.3 Å². The Kier molecular flexibility index (Phi) is 5.55. The molecule has 1 saturated carbocycles. The number of nitrogens with zero attached hydrogens (tertiary/aromatic N) is 3. The molecule has 1 aromatic carbocycles. The molecule has 1 aromatic heterocycles. The largest absolute Gasteiger partial charge is 0.378 e. The first-order valence-electron chi connectivity index (χ1n) is 10.9. The Morgan fingerprint density at radius 2 is 2.00 bits per heavy atom. The summed E-state index contributed by atoms with van der Waals surface area (Å²) in [7, 11) is 0. The number of benzene rings is 1. The van der Waals surface area contributed by atoms with E-state index < -0.39 is 27.8 Å². The van der Waals surface area contributed by atoms with Crippen molar-refractivity contribution in [1.82, 2.24) is 9.88 Å². The van der Waals surface area contributed by atoms with Gasteiger partial charge in [-0.15, -0.1) is 0 Å². The fraction of sp³-hybridized carbons (Fsp3) is 0.391. The van der Waals surface area contributed by atoms with Gasteiger partial charge in [0.05, 0.1) is 10.6 Å². The van der Waals surface area contributed by atoms with E-state index in [1.165, 1.54) is 36.2 Å². The lowest BCUT2D eigenvalue weighted by molar-refractivity contribution is -0.130. The van der Waals surface area contributed by atoms with Gasteiger partial charge in [0, 0.05) is 42.5 Å². The smallest absolute Gasteiger partial charge is 0.274 e. The van der Waals surface area contributed by atoms with E-state index in [4.69, 9.17) is 17.3 Å². The zero-order chi connectivity index (χ0) is 24.3. The van der Waals surface area contributed by atoms with Crippen molar-refractivity contribution in [3.8, 4) is 0 Å². The van der Waals surface area contributed by atoms with Gasteiger partial charge < -0.3 is 16.0 Å². The SMILES string of the molecule is C[C@@]1(c2cc(NC(=O)c3ccc(Cl)cn3)cc(F)c2F)N=C(N)S[C@@]2(C(=O)N3CCCC3)C[C@@H]12. The van der Waals surface area contributed by atoms with Crippen molar-refractivity contribution in [2.24, 2.45) is 16.6 Å². The molecule has 34 heavy (non-hydrogen) atoms. The Labute approximate surface area is 204 Å². The maximum Gasteiger partial charge on any atom is 0.274 e. The van der Waals surface area contributed by atoms with Gasteiger partial charge in [0.1, 0.15) is 10.4 Å². The van der Waals surface area contributed by atoms with Crippen molar-refractivity contribution in [1.29, 1.82) is 0 Å². The van der Waals surface area contributed by atoms with Crippen LogP contribution in [0.3, 0.4) is 0 Å². The molecular weight excluding hydrogens is 484 g/mol. The molecule has 2 aliphatic heterocycles. The van der Waals surface area contributed by atoms with E-state index in [1.54, 1.807) is 6.92 Å². The highest BCUT2D eigenvalue weighted by molar-refractivity contribution is 8.15. The lowest BCUT2D eigenvalue weighted by Crippen LogP contribution is -2.45. The highest BCUT2D eigenvalue weighted by Gasteiger charge is 2.71. The molecule has 0 spiro atoms. The Balaban J connectivity index is 1.48. The van der Waals surface area contributed by atoms with Crippen LogP contribution in [0.4, 0.5) is 14.5 Å². The number of hydrogen-bond donors (Lipinski definition) is 2. The standard InChI is InChI=1S/C23H22ClF2N5O2S/c1-22(17-10-23(17,34-21(27)30-22)20(33)31-6-2-3-7-31)14-8-13(9-15(25)18(14)26)29-19(32)16-5-4-12(24)11-28-16/h4-5,8-9,11,17H,2-3,6-7,10H2,1H3,(H2,27,30)(H,29,32)/t17-,22-,23-/m0/s1. The molecule has 3 N–H and O–H groups in total. The van der Waals surface area contributed by atoms with Crippen LogP contribution in [-0.4, -0.2) is 44.7 Å². The number of nitrogens with one attached hydrogen (secondary N) is 1. The number of carbonyl (C=O) groups excluding carboxylic acids is 2. The Morgan fingerprint density at radius 3 is 2.68 bits per heavy atom. The number of thioether (sulfide) groups is 1. The number of halogens is 3. The number of anilines is 1. The lowest BCUT2D eigenvalue weighted by Gasteiger charge is -2.35. The zero-order valence-corrected chi connectivity index (χ0v) is 19.8. The van der Waals surface area contributed by atoms with Crippen LogP contribution < -0.4 is 11.1 Å². The van der Waals surface area contributed by atoms with Crippen LogP contribution in [0.5, 0.6) is 0 Å². The molecule has 1 saturated heterocycles. The van der Waals surface area contributed by atoms with E-state index in [9.17, 15) is 14.0 Å². The van der Waals surface area contributed by atoms with Crippen molar-refractivity contribution in [2.45, 2.75) is 36.5 Å². The number of fused-ring (bicyclic) bond motifs is 1. The molecule has 178 valence electrons. The van der Waals surface area contributed by atoms with Gasteiger partial charge in [0.15, 0.2) is 16.8 Å². The summed E-state index contributed by atoms with van der Waals surface area (Å²) in [6, 6.07) is 5.17. The average molecular weight is 506 g/mol. The van der Waals surface area contributed by atoms with Crippen molar-refractivity contribution in [2.75, 3.05) is 18.4 Å². The summed E-state index contributed by atoms with van der Waals surface area (Å²) in [6.45, 7) is 3.03. The number of amides is 2. The Hall–Kier alpha value is -2.72. The number of carbonyl (C=O) groups is 2. The maximum absolute atomic E-state index is 15.1. The van der Waals surface area contributed by atoms with Crippen molar-refractivity contribution in [3.63, 3.8) is 0 Å². The van der Waals surface area contributed by atoms with Crippen LogP contribution in [0.15, 0.2) is 35.5 Å². The number of pyridine rings is 1.